The molecule has 5 atom stereocenters. The summed E-state index contributed by atoms with van der Waals surface area (Å²) >= 11 is 0. The van der Waals surface area contributed by atoms with Crippen LogP contribution in [0.1, 0.15) is 96.8 Å². The van der Waals surface area contributed by atoms with Crippen LogP contribution in [0.5, 0.6) is 0 Å². The zero-order valence-electron chi connectivity index (χ0n) is 19.3. The molecule has 1 aliphatic rings. The van der Waals surface area contributed by atoms with E-state index in [1.807, 2.05) is 0 Å². The van der Waals surface area contributed by atoms with Gasteiger partial charge >= 0.3 is 11.9 Å². The second-order valence-electron chi connectivity index (χ2n) is 8.54. The lowest BCUT2D eigenvalue weighted by Gasteiger charge is -2.45. The second kappa shape index (κ2) is 15.9. The highest BCUT2D eigenvalue weighted by Gasteiger charge is 2.57. The average molecular weight is 449 g/mol. The number of carbonyl (C=O) groups is 1. The molecule has 0 radical (unpaired) electrons. The average Bonchev–Trinajstić information content (AvgIpc) is 2.77. The van der Waals surface area contributed by atoms with Crippen LogP contribution in [0.15, 0.2) is 0 Å². The van der Waals surface area contributed by atoms with Crippen molar-refractivity contribution in [1.29, 1.82) is 0 Å². The first-order valence-corrected chi connectivity index (χ1v) is 12.0. The van der Waals surface area contributed by atoms with Gasteiger partial charge < -0.3 is 34.6 Å². The van der Waals surface area contributed by atoms with E-state index in [0.29, 0.717) is 6.42 Å². The predicted molar refractivity (Wildman–Crippen MR) is 116 cm³/mol. The van der Waals surface area contributed by atoms with Crippen molar-refractivity contribution in [3.8, 4) is 0 Å². The fourth-order valence-corrected chi connectivity index (χ4v) is 3.90. The van der Waals surface area contributed by atoms with Gasteiger partial charge in [0.25, 0.3) is 0 Å². The highest BCUT2D eigenvalue weighted by atomic mass is 16.9. The van der Waals surface area contributed by atoms with E-state index >= 15 is 0 Å². The fraction of sp³-hybridized carbons (Fsp3) is 0.957. The van der Waals surface area contributed by atoms with Gasteiger partial charge in [-0.05, 0) is 6.42 Å². The number of unbranched alkanes of at least 4 members (excludes halogenated alkanes) is 12. The number of carbonyl (C=O) groups excluding carboxylic acids is 1. The van der Waals surface area contributed by atoms with Crippen LogP contribution in [0.4, 0.5) is 0 Å². The van der Waals surface area contributed by atoms with Gasteiger partial charge in [0.1, 0.15) is 18.3 Å². The summed E-state index contributed by atoms with van der Waals surface area (Å²) in [6, 6.07) is 0. The third-order valence-corrected chi connectivity index (χ3v) is 5.94. The lowest BCUT2D eigenvalue weighted by molar-refractivity contribution is -0.441. The smallest absolute Gasteiger partial charge is 0.359 e. The molecule has 1 aliphatic heterocycles. The van der Waals surface area contributed by atoms with Crippen LogP contribution in [0.2, 0.25) is 0 Å². The van der Waals surface area contributed by atoms with E-state index in [1.165, 1.54) is 57.8 Å². The van der Waals surface area contributed by atoms with Crippen LogP contribution >= 0.6 is 0 Å². The summed E-state index contributed by atoms with van der Waals surface area (Å²) in [6.07, 6.45) is 9.42. The Morgan fingerprint density at radius 3 is 1.77 bits per heavy atom. The highest BCUT2D eigenvalue weighted by molar-refractivity contribution is 5.69. The molecular weight excluding hydrogens is 404 g/mol. The Morgan fingerprint density at radius 1 is 0.839 bits per heavy atom. The molecule has 31 heavy (non-hydrogen) atoms. The third-order valence-electron chi connectivity index (χ3n) is 5.94. The van der Waals surface area contributed by atoms with Crippen LogP contribution < -0.4 is 0 Å². The van der Waals surface area contributed by atoms with E-state index in [0.717, 1.165) is 26.4 Å². The molecule has 8 nitrogen and oxygen atoms in total. The van der Waals surface area contributed by atoms with Crippen LogP contribution in [-0.2, 0) is 19.0 Å². The summed E-state index contributed by atoms with van der Waals surface area (Å²) in [6.45, 7) is 1.60. The topological polar surface area (TPSA) is 126 Å². The monoisotopic (exact) mass is 448 g/mol. The molecule has 1 saturated heterocycles. The third kappa shape index (κ3) is 9.72. The second-order valence-corrected chi connectivity index (χ2v) is 8.54. The number of hydrogen-bond acceptors (Lipinski definition) is 8. The Hall–Kier alpha value is -0.770. The Balaban J connectivity index is 2.17. The highest BCUT2D eigenvalue weighted by Crippen LogP contribution is 2.32. The van der Waals surface area contributed by atoms with Gasteiger partial charge in [-0.15, -0.1) is 0 Å². The minimum Gasteiger partial charge on any atom is -0.405 e. The van der Waals surface area contributed by atoms with E-state index in [9.17, 15) is 25.2 Å². The van der Waals surface area contributed by atoms with E-state index in [4.69, 9.17) is 14.2 Å². The molecule has 0 bridgehead atoms. The normalized spacial score (nSPS) is 28.6. The Labute approximate surface area is 186 Å². The number of ether oxygens (including phenoxy) is 3. The predicted octanol–water partition coefficient (Wildman–Crippen LogP) is 2.78. The van der Waals surface area contributed by atoms with Crippen molar-refractivity contribution in [3.63, 3.8) is 0 Å². The molecule has 1 heterocycles. The quantitative estimate of drug-likeness (QED) is 0.152. The van der Waals surface area contributed by atoms with Crippen molar-refractivity contribution >= 4 is 5.97 Å². The SMILES string of the molecule is CCCCCCCCCCCCCCCC(=O)O[C@@]1(OC)OC(CO)[C@H](O)[C@@H](O)[C@@H]1O. The number of methoxy groups -OCH3 is 1. The van der Waals surface area contributed by atoms with E-state index in [1.54, 1.807) is 0 Å². The van der Waals surface area contributed by atoms with Gasteiger partial charge in [-0.3, -0.25) is 4.79 Å². The molecule has 0 aromatic heterocycles. The van der Waals surface area contributed by atoms with Crippen molar-refractivity contribution in [3.05, 3.63) is 0 Å². The lowest BCUT2D eigenvalue weighted by Crippen LogP contribution is -2.67. The number of aliphatic hydroxyl groups is 4. The summed E-state index contributed by atoms with van der Waals surface area (Å²) in [5, 5.41) is 39.3. The van der Waals surface area contributed by atoms with Crippen molar-refractivity contribution in [2.24, 2.45) is 0 Å². The lowest BCUT2D eigenvalue weighted by atomic mass is 9.97. The van der Waals surface area contributed by atoms with E-state index < -0.39 is 43.0 Å². The van der Waals surface area contributed by atoms with E-state index in [2.05, 4.69) is 6.92 Å². The summed E-state index contributed by atoms with van der Waals surface area (Å²) < 4.78 is 15.5. The van der Waals surface area contributed by atoms with Gasteiger partial charge in [0.15, 0.2) is 6.10 Å². The first kappa shape index (κ1) is 28.3. The molecule has 1 unspecified atom stereocenters. The van der Waals surface area contributed by atoms with Gasteiger partial charge in [0, 0.05) is 13.5 Å². The maximum Gasteiger partial charge on any atom is 0.359 e. The molecule has 0 aromatic rings. The summed E-state index contributed by atoms with van der Waals surface area (Å²) in [5.74, 6) is -2.89. The molecule has 4 N–H and O–H groups in total. The van der Waals surface area contributed by atoms with Gasteiger partial charge in [0.2, 0.25) is 0 Å². The largest absolute Gasteiger partial charge is 0.405 e. The minimum absolute atomic E-state index is 0.126. The maximum atomic E-state index is 12.2. The van der Waals surface area contributed by atoms with Gasteiger partial charge in [-0.2, -0.15) is 0 Å². The number of esters is 1. The number of rotatable bonds is 17. The van der Waals surface area contributed by atoms with Gasteiger partial charge in [-0.25, -0.2) is 0 Å². The zero-order chi connectivity index (χ0) is 23.1. The molecule has 0 aromatic carbocycles. The molecule has 8 heteroatoms. The van der Waals surface area contributed by atoms with Crippen molar-refractivity contribution in [2.75, 3.05) is 13.7 Å². The minimum atomic E-state index is -2.25. The molecule has 0 aliphatic carbocycles. The summed E-state index contributed by atoms with van der Waals surface area (Å²) in [5.41, 5.74) is 0. The van der Waals surface area contributed by atoms with Crippen molar-refractivity contribution < 1.29 is 39.4 Å². The molecule has 1 fully saturated rings. The fourth-order valence-electron chi connectivity index (χ4n) is 3.90. The summed E-state index contributed by atoms with van der Waals surface area (Å²) in [7, 11) is 1.15. The van der Waals surface area contributed by atoms with Crippen LogP contribution in [-0.4, -0.2) is 70.5 Å². The standard InChI is InChI=1S/C23H44O8/c1-3-4-5-6-7-8-9-10-11-12-13-14-15-16-19(25)31-23(29-2)22(28)21(27)20(26)18(17-24)30-23/h18,20-22,24,26-28H,3-17H2,1-2H3/t18?,20-,21+,22-,23-/m0/s1. The van der Waals surface area contributed by atoms with Gasteiger partial charge in [0.05, 0.1) is 6.61 Å². The maximum absolute atomic E-state index is 12.2. The molecule has 1 rings (SSSR count). The first-order valence-electron chi connectivity index (χ1n) is 12.0. The van der Waals surface area contributed by atoms with Crippen molar-refractivity contribution in [2.45, 2.75) is 127 Å². The van der Waals surface area contributed by atoms with Crippen molar-refractivity contribution in [1.82, 2.24) is 0 Å². The van der Waals surface area contributed by atoms with Crippen LogP contribution in [0.3, 0.4) is 0 Å². The van der Waals surface area contributed by atoms with E-state index in [-0.39, 0.29) is 6.42 Å². The molecule has 0 spiro atoms. The Kier molecular flexibility index (Phi) is 14.5. The van der Waals surface area contributed by atoms with Gasteiger partial charge in [-0.1, -0.05) is 84.0 Å². The molecule has 184 valence electrons. The molecule has 0 saturated carbocycles. The molecular formula is C23H44O8. The first-order chi connectivity index (χ1) is 14.9. The number of hydrogen-bond donors (Lipinski definition) is 4. The summed E-state index contributed by atoms with van der Waals surface area (Å²) in [4.78, 5) is 12.2. The molecule has 0 amide bonds. The Morgan fingerprint density at radius 2 is 1.32 bits per heavy atom. The number of aliphatic hydroxyl groups excluding tert-OH is 4. The van der Waals surface area contributed by atoms with Crippen LogP contribution in [0, 0.1) is 0 Å². The van der Waals surface area contributed by atoms with Crippen LogP contribution in [0.25, 0.3) is 0 Å². The Bertz CT molecular complexity index is 472. The zero-order valence-corrected chi connectivity index (χ0v) is 19.3.